The molecule has 2 rings (SSSR count). The standard InChI is InChI=1S/C16H19ClN4O5/c1-11(22)25-14(16(2,3)8-17)15(20-10-18-9-19-20)26-13-6-4-12(5-7-13)21(23)24/h4-7,9-10,14-15H,8H2,1-3H3. The van der Waals surface area contributed by atoms with Crippen molar-refractivity contribution in [2.75, 3.05) is 5.88 Å². The summed E-state index contributed by atoms with van der Waals surface area (Å²) in [5, 5.41) is 14.9. The van der Waals surface area contributed by atoms with Gasteiger partial charge in [0.05, 0.1) is 4.92 Å². The van der Waals surface area contributed by atoms with E-state index in [2.05, 4.69) is 10.1 Å². The predicted octanol–water partition coefficient (Wildman–Crippen LogP) is 2.96. The Balaban J connectivity index is 2.38. The molecule has 2 atom stereocenters. The van der Waals surface area contributed by atoms with Gasteiger partial charge in [-0.3, -0.25) is 14.9 Å². The molecule has 0 amide bonds. The second-order valence-electron chi connectivity index (χ2n) is 6.29. The summed E-state index contributed by atoms with van der Waals surface area (Å²) in [4.78, 5) is 25.8. The lowest BCUT2D eigenvalue weighted by atomic mass is 9.87. The summed E-state index contributed by atoms with van der Waals surface area (Å²) < 4.78 is 12.8. The maximum Gasteiger partial charge on any atom is 0.303 e. The van der Waals surface area contributed by atoms with E-state index in [1.165, 1.54) is 48.5 Å². The van der Waals surface area contributed by atoms with Crippen LogP contribution in [0, 0.1) is 15.5 Å². The number of aromatic nitrogens is 3. The Hall–Kier alpha value is -2.68. The Morgan fingerprint density at radius 3 is 2.50 bits per heavy atom. The van der Waals surface area contributed by atoms with Crippen molar-refractivity contribution in [1.82, 2.24) is 14.8 Å². The van der Waals surface area contributed by atoms with Gasteiger partial charge in [-0.05, 0) is 12.1 Å². The van der Waals surface area contributed by atoms with Crippen molar-refractivity contribution >= 4 is 23.3 Å². The lowest BCUT2D eigenvalue weighted by Gasteiger charge is -2.36. The molecule has 9 nitrogen and oxygen atoms in total. The first-order valence-electron chi connectivity index (χ1n) is 7.73. The molecule has 1 heterocycles. The number of nitro groups is 1. The fourth-order valence-electron chi connectivity index (χ4n) is 2.25. The molecule has 0 N–H and O–H groups in total. The van der Waals surface area contributed by atoms with E-state index in [1.54, 1.807) is 0 Å². The number of rotatable bonds is 8. The predicted molar refractivity (Wildman–Crippen MR) is 92.8 cm³/mol. The van der Waals surface area contributed by atoms with E-state index >= 15 is 0 Å². The highest BCUT2D eigenvalue weighted by atomic mass is 35.5. The van der Waals surface area contributed by atoms with Gasteiger partial charge in [0.15, 0.2) is 6.10 Å². The molecule has 0 radical (unpaired) electrons. The van der Waals surface area contributed by atoms with Crippen LogP contribution >= 0.6 is 11.6 Å². The molecule has 0 bridgehead atoms. The number of nitrogens with zero attached hydrogens (tertiary/aromatic N) is 4. The van der Waals surface area contributed by atoms with Gasteiger partial charge in [0.25, 0.3) is 5.69 Å². The minimum atomic E-state index is -0.864. The number of ether oxygens (including phenoxy) is 2. The highest BCUT2D eigenvalue weighted by Gasteiger charge is 2.41. The van der Waals surface area contributed by atoms with E-state index in [0.717, 1.165) is 0 Å². The lowest BCUT2D eigenvalue weighted by Crippen LogP contribution is -2.44. The number of alkyl halides is 1. The molecule has 0 saturated carbocycles. The number of halogens is 1. The molecule has 140 valence electrons. The molecule has 0 aliphatic heterocycles. The molecule has 0 fully saturated rings. The molecule has 0 aliphatic carbocycles. The second-order valence-corrected chi connectivity index (χ2v) is 6.55. The summed E-state index contributed by atoms with van der Waals surface area (Å²) in [7, 11) is 0. The van der Waals surface area contributed by atoms with Gasteiger partial charge in [-0.1, -0.05) is 13.8 Å². The topological polar surface area (TPSA) is 109 Å². The van der Waals surface area contributed by atoms with E-state index < -0.39 is 28.6 Å². The first-order valence-corrected chi connectivity index (χ1v) is 8.26. The maximum atomic E-state index is 11.6. The summed E-state index contributed by atoms with van der Waals surface area (Å²) in [6.45, 7) is 4.95. The zero-order valence-electron chi connectivity index (χ0n) is 14.5. The number of carbonyl (C=O) groups is 1. The first-order chi connectivity index (χ1) is 12.2. The fraction of sp³-hybridized carbons (Fsp3) is 0.438. The molecule has 1 aromatic carbocycles. The SMILES string of the molecule is CC(=O)OC(C(Oc1ccc([N+](=O)[O-])cc1)n1cncn1)C(C)(C)CCl. The van der Waals surface area contributed by atoms with Crippen LogP contribution in [0.15, 0.2) is 36.9 Å². The Morgan fingerprint density at radius 2 is 2.04 bits per heavy atom. The largest absolute Gasteiger partial charge is 0.465 e. The molecule has 0 aliphatic rings. The summed E-state index contributed by atoms with van der Waals surface area (Å²) in [6.07, 6.45) is 1.10. The van der Waals surface area contributed by atoms with Crippen LogP contribution in [0.1, 0.15) is 27.0 Å². The highest BCUT2D eigenvalue weighted by molar-refractivity contribution is 6.18. The molecule has 0 spiro atoms. The quantitative estimate of drug-likeness (QED) is 0.298. The van der Waals surface area contributed by atoms with Crippen molar-refractivity contribution in [1.29, 1.82) is 0 Å². The number of nitro benzene ring substituents is 1. The average Bonchev–Trinajstić information content (AvgIpc) is 3.12. The van der Waals surface area contributed by atoms with Crippen LogP contribution in [-0.2, 0) is 9.53 Å². The third kappa shape index (κ3) is 4.69. The van der Waals surface area contributed by atoms with Crippen molar-refractivity contribution < 1.29 is 19.2 Å². The van der Waals surface area contributed by atoms with Crippen molar-refractivity contribution in [3.63, 3.8) is 0 Å². The van der Waals surface area contributed by atoms with Crippen molar-refractivity contribution in [2.45, 2.75) is 33.1 Å². The van der Waals surface area contributed by atoms with Crippen molar-refractivity contribution in [2.24, 2.45) is 5.41 Å². The van der Waals surface area contributed by atoms with E-state index in [0.29, 0.717) is 5.75 Å². The van der Waals surface area contributed by atoms with Gasteiger partial charge >= 0.3 is 5.97 Å². The summed E-state index contributed by atoms with van der Waals surface area (Å²) in [5.41, 5.74) is -0.711. The van der Waals surface area contributed by atoms with Gasteiger partial charge in [-0.15, -0.1) is 11.6 Å². The van der Waals surface area contributed by atoms with E-state index in [-0.39, 0.29) is 11.6 Å². The molecular formula is C16H19ClN4O5. The molecule has 2 aromatic rings. The number of benzene rings is 1. The molecule has 26 heavy (non-hydrogen) atoms. The zero-order chi connectivity index (χ0) is 19.3. The van der Waals surface area contributed by atoms with Crippen LogP contribution < -0.4 is 4.74 Å². The Bertz CT molecular complexity index is 749. The lowest BCUT2D eigenvalue weighted by molar-refractivity contribution is -0.384. The van der Waals surface area contributed by atoms with Crippen molar-refractivity contribution in [3.8, 4) is 5.75 Å². The third-order valence-electron chi connectivity index (χ3n) is 3.67. The zero-order valence-corrected chi connectivity index (χ0v) is 15.3. The van der Waals surface area contributed by atoms with E-state index in [1.807, 2.05) is 13.8 Å². The van der Waals surface area contributed by atoms with Gasteiger partial charge in [-0.25, -0.2) is 9.67 Å². The monoisotopic (exact) mass is 382 g/mol. The number of hydrogen-bond acceptors (Lipinski definition) is 7. The molecule has 0 saturated heterocycles. The fourth-order valence-corrected chi connectivity index (χ4v) is 2.40. The van der Waals surface area contributed by atoms with Crippen LogP contribution in [0.2, 0.25) is 0 Å². The first kappa shape index (κ1) is 19.6. The second kappa shape index (κ2) is 8.13. The van der Waals surface area contributed by atoms with Gasteiger partial charge in [0, 0.05) is 30.4 Å². The highest BCUT2D eigenvalue weighted by Crippen LogP contribution is 2.34. The van der Waals surface area contributed by atoms with Gasteiger partial charge in [0.2, 0.25) is 6.23 Å². The van der Waals surface area contributed by atoms with Gasteiger partial charge in [0.1, 0.15) is 18.4 Å². The molecular weight excluding hydrogens is 364 g/mol. The smallest absolute Gasteiger partial charge is 0.303 e. The average molecular weight is 383 g/mol. The third-order valence-corrected chi connectivity index (χ3v) is 4.36. The Kier molecular flexibility index (Phi) is 6.14. The molecule has 10 heteroatoms. The number of esters is 1. The summed E-state index contributed by atoms with van der Waals surface area (Å²) in [6, 6.07) is 5.56. The summed E-state index contributed by atoms with van der Waals surface area (Å²) >= 11 is 6.07. The van der Waals surface area contributed by atoms with Crippen molar-refractivity contribution in [3.05, 3.63) is 47.0 Å². The maximum absolute atomic E-state index is 11.6. The number of non-ortho nitro benzene ring substituents is 1. The van der Waals surface area contributed by atoms with E-state index in [9.17, 15) is 14.9 Å². The molecule has 1 aromatic heterocycles. The number of hydrogen-bond donors (Lipinski definition) is 0. The minimum Gasteiger partial charge on any atom is -0.465 e. The van der Waals surface area contributed by atoms with Crippen LogP contribution in [0.5, 0.6) is 5.75 Å². The minimum absolute atomic E-state index is 0.0627. The van der Waals surface area contributed by atoms with Crippen LogP contribution in [0.4, 0.5) is 5.69 Å². The van der Waals surface area contributed by atoms with E-state index in [4.69, 9.17) is 21.1 Å². The molecule has 2 unspecified atom stereocenters. The normalized spacial score (nSPS) is 13.7. The van der Waals surface area contributed by atoms with Crippen LogP contribution in [0.25, 0.3) is 0 Å². The Morgan fingerprint density at radius 1 is 1.38 bits per heavy atom. The van der Waals surface area contributed by atoms with Crippen LogP contribution in [0.3, 0.4) is 0 Å². The number of carbonyl (C=O) groups excluding carboxylic acids is 1. The van der Waals surface area contributed by atoms with Crippen LogP contribution in [-0.4, -0.2) is 37.6 Å². The Labute approximate surface area is 155 Å². The van der Waals surface area contributed by atoms with Gasteiger partial charge in [-0.2, -0.15) is 5.10 Å². The van der Waals surface area contributed by atoms with Gasteiger partial charge < -0.3 is 9.47 Å². The summed E-state index contributed by atoms with van der Waals surface area (Å²) in [5.74, 6) is 0.0454.